The summed E-state index contributed by atoms with van der Waals surface area (Å²) in [4.78, 5) is 0. The fourth-order valence-electron chi connectivity index (χ4n) is 5.43. The van der Waals surface area contributed by atoms with Crippen molar-refractivity contribution < 1.29 is 10.0 Å². The average Bonchev–Trinajstić information content (AvgIpc) is 3.20. The molecule has 2 aliphatic carbocycles. The Labute approximate surface area is 170 Å². The van der Waals surface area contributed by atoms with Crippen LogP contribution in [0.3, 0.4) is 0 Å². The maximum absolute atomic E-state index is 9.89. The maximum Gasteiger partial charge on any atom is 0.488 e. The lowest BCUT2D eigenvalue weighted by molar-refractivity contribution is 0.425. The topological polar surface area (TPSA) is 40.5 Å². The number of hydrogen-bond donors (Lipinski definition) is 2. The summed E-state index contributed by atoms with van der Waals surface area (Å²) < 4.78 is 0. The molecule has 0 fully saturated rings. The standard InChI is InChI=1S/C26H19BO2/c1-16-10-12-20-21-13-11-17(27(28)29)15-25(21)26(24(20)14-16)22-8-4-2-6-18(22)19-7-3-5-9-23(19)26/h2-15,28-29H,1H3. The lowest BCUT2D eigenvalue weighted by Gasteiger charge is -2.31. The minimum atomic E-state index is -1.49. The van der Waals surface area contributed by atoms with Crippen LogP contribution in [0.2, 0.25) is 0 Å². The van der Waals surface area contributed by atoms with Gasteiger partial charge >= 0.3 is 7.12 Å². The molecule has 0 heterocycles. The maximum atomic E-state index is 9.89. The van der Waals surface area contributed by atoms with E-state index in [-0.39, 0.29) is 0 Å². The first-order chi connectivity index (χ1) is 14.1. The largest absolute Gasteiger partial charge is 0.488 e. The van der Waals surface area contributed by atoms with Crippen molar-refractivity contribution in [3.05, 3.63) is 113 Å². The summed E-state index contributed by atoms with van der Waals surface area (Å²) in [7, 11) is -1.49. The highest BCUT2D eigenvalue weighted by Gasteiger charge is 2.51. The van der Waals surface area contributed by atoms with Crippen molar-refractivity contribution in [2.75, 3.05) is 0 Å². The van der Waals surface area contributed by atoms with E-state index in [1.54, 1.807) is 0 Å². The number of aryl methyl sites for hydroxylation is 1. The first-order valence-corrected chi connectivity index (χ1v) is 9.94. The van der Waals surface area contributed by atoms with Gasteiger partial charge in [-0.25, -0.2) is 0 Å². The fraction of sp³-hybridized carbons (Fsp3) is 0.0769. The van der Waals surface area contributed by atoms with Crippen LogP contribution in [-0.4, -0.2) is 17.2 Å². The van der Waals surface area contributed by atoms with Gasteiger partial charge in [-0.15, -0.1) is 0 Å². The Morgan fingerprint density at radius 1 is 0.586 bits per heavy atom. The second kappa shape index (κ2) is 5.70. The minimum absolute atomic E-state index is 0.436. The first-order valence-electron chi connectivity index (χ1n) is 9.94. The van der Waals surface area contributed by atoms with Gasteiger partial charge in [0, 0.05) is 0 Å². The third-order valence-corrected chi connectivity index (χ3v) is 6.57. The van der Waals surface area contributed by atoms with E-state index < -0.39 is 12.5 Å². The van der Waals surface area contributed by atoms with E-state index >= 15 is 0 Å². The van der Waals surface area contributed by atoms with Gasteiger partial charge in [0.25, 0.3) is 0 Å². The molecule has 0 radical (unpaired) electrons. The van der Waals surface area contributed by atoms with Crippen molar-refractivity contribution in [3.8, 4) is 22.3 Å². The first kappa shape index (κ1) is 16.8. The highest BCUT2D eigenvalue weighted by Crippen LogP contribution is 2.62. The van der Waals surface area contributed by atoms with E-state index in [0.717, 1.165) is 11.1 Å². The zero-order valence-corrected chi connectivity index (χ0v) is 16.1. The van der Waals surface area contributed by atoms with Crippen LogP contribution < -0.4 is 5.46 Å². The van der Waals surface area contributed by atoms with E-state index in [1.165, 1.54) is 38.9 Å². The molecule has 138 valence electrons. The normalized spacial score (nSPS) is 14.3. The van der Waals surface area contributed by atoms with Crippen LogP contribution in [0.1, 0.15) is 27.8 Å². The Morgan fingerprint density at radius 3 is 1.72 bits per heavy atom. The van der Waals surface area contributed by atoms with Crippen molar-refractivity contribution in [2.45, 2.75) is 12.3 Å². The van der Waals surface area contributed by atoms with Crippen molar-refractivity contribution in [3.63, 3.8) is 0 Å². The molecule has 2 nitrogen and oxygen atoms in total. The highest BCUT2D eigenvalue weighted by atomic mass is 16.4. The van der Waals surface area contributed by atoms with Gasteiger partial charge < -0.3 is 10.0 Å². The second-order valence-electron chi connectivity index (χ2n) is 8.07. The molecule has 0 saturated heterocycles. The van der Waals surface area contributed by atoms with E-state index in [2.05, 4.69) is 73.7 Å². The van der Waals surface area contributed by atoms with Gasteiger partial charge in [0.05, 0.1) is 5.41 Å². The molecule has 4 aromatic carbocycles. The highest BCUT2D eigenvalue weighted by molar-refractivity contribution is 6.58. The quantitative estimate of drug-likeness (QED) is 0.427. The molecule has 6 rings (SSSR count). The molecule has 0 saturated carbocycles. The summed E-state index contributed by atoms with van der Waals surface area (Å²) in [5.41, 5.74) is 11.1. The van der Waals surface area contributed by atoms with Crippen molar-refractivity contribution in [1.29, 1.82) is 0 Å². The molecule has 0 aliphatic heterocycles. The molecule has 0 amide bonds. The smallest absolute Gasteiger partial charge is 0.423 e. The monoisotopic (exact) mass is 374 g/mol. The van der Waals surface area contributed by atoms with Gasteiger partial charge in [-0.2, -0.15) is 0 Å². The van der Waals surface area contributed by atoms with E-state index in [1.807, 2.05) is 18.2 Å². The van der Waals surface area contributed by atoms with Crippen molar-refractivity contribution >= 4 is 12.6 Å². The second-order valence-corrected chi connectivity index (χ2v) is 8.07. The van der Waals surface area contributed by atoms with Gasteiger partial charge in [-0.3, -0.25) is 0 Å². The van der Waals surface area contributed by atoms with Crippen LogP contribution in [0.4, 0.5) is 0 Å². The Kier molecular flexibility index (Phi) is 3.30. The molecule has 4 aromatic rings. The number of benzene rings is 4. The van der Waals surface area contributed by atoms with Crippen LogP contribution in [0.25, 0.3) is 22.3 Å². The molecule has 0 aromatic heterocycles. The molecular formula is C26H19BO2. The lowest BCUT2D eigenvalue weighted by atomic mass is 9.68. The van der Waals surface area contributed by atoms with E-state index in [9.17, 15) is 10.0 Å². The molecule has 29 heavy (non-hydrogen) atoms. The molecule has 0 unspecified atom stereocenters. The summed E-state index contributed by atoms with van der Waals surface area (Å²) in [5, 5.41) is 19.8. The molecule has 0 atom stereocenters. The van der Waals surface area contributed by atoms with Crippen LogP contribution in [0.5, 0.6) is 0 Å². The molecule has 3 heteroatoms. The predicted molar refractivity (Wildman–Crippen MR) is 117 cm³/mol. The number of hydrogen-bond acceptors (Lipinski definition) is 2. The molecule has 0 bridgehead atoms. The van der Waals surface area contributed by atoms with Crippen LogP contribution in [0.15, 0.2) is 84.9 Å². The molecule has 1 spiro atoms. The van der Waals surface area contributed by atoms with Crippen LogP contribution >= 0.6 is 0 Å². The Morgan fingerprint density at radius 2 is 1.10 bits per heavy atom. The van der Waals surface area contributed by atoms with E-state index in [4.69, 9.17) is 0 Å². The van der Waals surface area contributed by atoms with Gasteiger partial charge in [-0.05, 0) is 56.9 Å². The van der Waals surface area contributed by atoms with Gasteiger partial charge in [0.1, 0.15) is 0 Å². The van der Waals surface area contributed by atoms with E-state index in [0.29, 0.717) is 5.46 Å². The summed E-state index contributed by atoms with van der Waals surface area (Å²) in [6, 6.07) is 29.7. The minimum Gasteiger partial charge on any atom is -0.423 e. The number of rotatable bonds is 1. The Balaban J connectivity index is 1.84. The third kappa shape index (κ3) is 1.99. The number of fused-ring (bicyclic) bond motifs is 10. The van der Waals surface area contributed by atoms with Gasteiger partial charge in [0.15, 0.2) is 0 Å². The zero-order valence-electron chi connectivity index (χ0n) is 16.1. The van der Waals surface area contributed by atoms with Crippen LogP contribution in [0, 0.1) is 6.92 Å². The molecular weight excluding hydrogens is 355 g/mol. The SMILES string of the molecule is Cc1ccc2c(c1)C1(c3ccccc3-c3ccccc31)c1cc(B(O)O)ccc1-2. The summed E-state index contributed by atoms with van der Waals surface area (Å²) in [6.45, 7) is 2.13. The van der Waals surface area contributed by atoms with Crippen LogP contribution in [-0.2, 0) is 5.41 Å². The Hall–Kier alpha value is -3.14. The summed E-state index contributed by atoms with van der Waals surface area (Å²) >= 11 is 0. The Bertz CT molecular complexity index is 1260. The fourth-order valence-corrected chi connectivity index (χ4v) is 5.43. The lowest BCUT2D eigenvalue weighted by Crippen LogP contribution is -2.33. The van der Waals surface area contributed by atoms with Gasteiger partial charge in [-0.1, -0.05) is 90.5 Å². The summed E-state index contributed by atoms with van der Waals surface area (Å²) in [6.07, 6.45) is 0. The molecule has 2 N–H and O–H groups in total. The van der Waals surface area contributed by atoms with Gasteiger partial charge in [0.2, 0.25) is 0 Å². The average molecular weight is 374 g/mol. The molecule has 2 aliphatic rings. The zero-order chi connectivity index (χ0) is 19.8. The van der Waals surface area contributed by atoms with Crippen molar-refractivity contribution in [1.82, 2.24) is 0 Å². The predicted octanol–water partition coefficient (Wildman–Crippen LogP) is 4.02. The van der Waals surface area contributed by atoms with Crippen molar-refractivity contribution in [2.24, 2.45) is 0 Å². The third-order valence-electron chi connectivity index (χ3n) is 6.57. The summed E-state index contributed by atoms with van der Waals surface area (Å²) in [5.74, 6) is 0.